The number of amides is 2. The van der Waals surface area contributed by atoms with Gasteiger partial charge in [0.1, 0.15) is 28.5 Å². The van der Waals surface area contributed by atoms with Crippen LogP contribution < -0.4 is 33.6 Å². The van der Waals surface area contributed by atoms with Crippen LogP contribution >= 0.6 is 7.26 Å². The van der Waals surface area contributed by atoms with Gasteiger partial charge < -0.3 is 27.4 Å². The lowest BCUT2D eigenvalue weighted by Crippen LogP contribution is -3.00. The van der Waals surface area contributed by atoms with Crippen LogP contribution in [-0.2, 0) is 9.53 Å². The Bertz CT molecular complexity index is 1630. The van der Waals surface area contributed by atoms with Gasteiger partial charge in [-0.1, -0.05) is 103 Å². The number of ether oxygens (including phenoxy) is 1. The van der Waals surface area contributed by atoms with Gasteiger partial charge in [0.05, 0.1) is 13.2 Å². The number of hydrogen-bond acceptors (Lipinski definition) is 3. The molecule has 5 aromatic rings. The quantitative estimate of drug-likeness (QED) is 0.212. The van der Waals surface area contributed by atoms with Gasteiger partial charge in [0.2, 0.25) is 0 Å². The lowest BCUT2D eigenvalue weighted by Gasteiger charge is -2.33. The molecule has 1 aliphatic rings. The van der Waals surface area contributed by atoms with E-state index < -0.39 is 7.26 Å². The molecule has 5 nitrogen and oxygen atoms in total. The molecule has 0 unspecified atom stereocenters. The van der Waals surface area contributed by atoms with E-state index in [1.165, 1.54) is 0 Å². The molecule has 2 amide bonds. The highest BCUT2D eigenvalue weighted by Gasteiger charge is 2.53. The molecule has 1 saturated heterocycles. The van der Waals surface area contributed by atoms with Gasteiger partial charge in [-0.05, 0) is 48.5 Å². The molecule has 0 saturated carbocycles. The standard InChI is InChI=1S/C38H33N2O3P.ClH/c41-37(31-18-8-2-9-19-31)39-35(38(42)40-26-28-43-29-27-40)36(30-16-6-1-7-17-30)44(32-20-10-3-11-21-32,33-22-12-4-13-23-33)34-24-14-5-15-25-34;/h1-25H,26-29H2;1H/b36-35-;. The van der Waals surface area contributed by atoms with Crippen LogP contribution in [0.5, 0.6) is 0 Å². The van der Waals surface area contributed by atoms with Gasteiger partial charge in [0.15, 0.2) is 5.70 Å². The molecule has 45 heavy (non-hydrogen) atoms. The van der Waals surface area contributed by atoms with Gasteiger partial charge in [-0.3, -0.25) is 9.59 Å². The van der Waals surface area contributed by atoms with Crippen molar-refractivity contribution in [3.05, 3.63) is 168 Å². The van der Waals surface area contributed by atoms with E-state index in [0.29, 0.717) is 31.9 Å². The van der Waals surface area contributed by atoms with Gasteiger partial charge in [0, 0.05) is 24.2 Å². The first-order chi connectivity index (χ1) is 21.7. The molecular weight excluding hydrogens is 599 g/mol. The van der Waals surface area contributed by atoms with Gasteiger partial charge in [0.25, 0.3) is 11.8 Å². The number of nitrogens with one attached hydrogen (secondary N) is 1. The molecule has 1 fully saturated rings. The minimum atomic E-state index is -2.81. The maximum atomic E-state index is 14.8. The molecule has 1 aliphatic heterocycles. The predicted molar refractivity (Wildman–Crippen MR) is 180 cm³/mol. The smallest absolute Gasteiger partial charge is 0.274 e. The summed E-state index contributed by atoms with van der Waals surface area (Å²) in [5.74, 6) is -0.550. The Morgan fingerprint density at radius 3 is 1.36 bits per heavy atom. The normalized spacial score (nSPS) is 13.6. The van der Waals surface area contributed by atoms with Gasteiger partial charge >= 0.3 is 0 Å². The lowest BCUT2D eigenvalue weighted by atomic mass is 10.1. The highest BCUT2D eigenvalue weighted by Crippen LogP contribution is 2.67. The van der Waals surface area contributed by atoms with Crippen LogP contribution in [-0.4, -0.2) is 43.0 Å². The van der Waals surface area contributed by atoms with E-state index in [1.54, 1.807) is 17.0 Å². The van der Waals surface area contributed by atoms with Crippen LogP contribution in [0.25, 0.3) is 5.31 Å². The van der Waals surface area contributed by atoms with E-state index in [4.69, 9.17) is 4.74 Å². The van der Waals surface area contributed by atoms with Crippen LogP contribution in [0.15, 0.2) is 157 Å². The van der Waals surface area contributed by atoms with Crippen LogP contribution in [0.4, 0.5) is 0 Å². The van der Waals surface area contributed by atoms with E-state index in [0.717, 1.165) is 26.8 Å². The average Bonchev–Trinajstić information content (AvgIpc) is 3.11. The molecule has 226 valence electrons. The zero-order valence-electron chi connectivity index (χ0n) is 24.8. The van der Waals surface area contributed by atoms with Crippen LogP contribution in [0.3, 0.4) is 0 Å². The van der Waals surface area contributed by atoms with Crippen molar-refractivity contribution in [2.24, 2.45) is 0 Å². The molecule has 0 bridgehead atoms. The molecule has 0 radical (unpaired) electrons. The van der Waals surface area contributed by atoms with E-state index in [-0.39, 0.29) is 29.9 Å². The summed E-state index contributed by atoms with van der Waals surface area (Å²) >= 11 is 0. The Morgan fingerprint density at radius 1 is 0.556 bits per heavy atom. The SMILES string of the molecule is O=C(N/C(C(=O)N1CCOCC1)=C(/c1ccccc1)[P+](c1ccccc1)(c1ccccc1)c1ccccc1)c1ccccc1.[Cl-]. The summed E-state index contributed by atoms with van der Waals surface area (Å²) in [6.45, 7) is 1.78. The molecular formula is C38H34ClN2O3P. The Kier molecular flexibility index (Phi) is 10.6. The van der Waals surface area contributed by atoms with Gasteiger partial charge in [-0.25, -0.2) is 0 Å². The summed E-state index contributed by atoms with van der Waals surface area (Å²) in [5, 5.41) is 7.23. The highest BCUT2D eigenvalue weighted by molar-refractivity contribution is 8.03. The molecule has 7 heteroatoms. The Balaban J connectivity index is 0.00000400. The van der Waals surface area contributed by atoms with E-state index in [1.807, 2.05) is 103 Å². The number of carbonyl (C=O) groups is 2. The zero-order chi connectivity index (χ0) is 30.2. The third-order valence-electron chi connectivity index (χ3n) is 7.84. The third kappa shape index (κ3) is 6.62. The molecule has 0 aliphatic carbocycles. The monoisotopic (exact) mass is 632 g/mol. The Labute approximate surface area is 271 Å². The van der Waals surface area contributed by atoms with Gasteiger partial charge in [-0.2, -0.15) is 0 Å². The number of halogens is 1. The van der Waals surface area contributed by atoms with Crippen LogP contribution in [0, 0.1) is 0 Å². The summed E-state index contributed by atoms with van der Waals surface area (Å²) in [6.07, 6.45) is 0. The fraction of sp³-hybridized carbons (Fsp3) is 0.105. The largest absolute Gasteiger partial charge is 1.00 e. The van der Waals surface area contributed by atoms with Crippen molar-refractivity contribution in [3.8, 4) is 0 Å². The number of hydrogen-bond donors (Lipinski definition) is 1. The Morgan fingerprint density at radius 2 is 0.933 bits per heavy atom. The van der Waals surface area contributed by atoms with Crippen LogP contribution in [0.1, 0.15) is 15.9 Å². The van der Waals surface area contributed by atoms with Crippen molar-refractivity contribution >= 4 is 40.3 Å². The topological polar surface area (TPSA) is 58.6 Å². The maximum absolute atomic E-state index is 14.8. The minimum Gasteiger partial charge on any atom is -1.00 e. The van der Waals surface area contributed by atoms with E-state index >= 15 is 0 Å². The fourth-order valence-electron chi connectivity index (χ4n) is 5.80. The first-order valence-electron chi connectivity index (χ1n) is 14.8. The number of rotatable bonds is 8. The predicted octanol–water partition coefficient (Wildman–Crippen LogP) is 2.64. The third-order valence-corrected chi connectivity index (χ3v) is 12.2. The van der Waals surface area contributed by atoms with Crippen molar-refractivity contribution in [2.75, 3.05) is 26.3 Å². The molecule has 5 aromatic carbocycles. The second kappa shape index (κ2) is 15.0. The van der Waals surface area contributed by atoms with Crippen molar-refractivity contribution < 1.29 is 26.7 Å². The average molecular weight is 633 g/mol. The summed E-state index contributed by atoms with van der Waals surface area (Å²) in [6, 6.07) is 50.3. The fourth-order valence-corrected chi connectivity index (χ4v) is 10.4. The minimum absolute atomic E-state index is 0. The summed E-state index contributed by atoms with van der Waals surface area (Å²) in [4.78, 5) is 30.6. The molecule has 1 heterocycles. The summed E-state index contributed by atoms with van der Waals surface area (Å²) in [5.41, 5.74) is 1.65. The molecule has 0 atom stereocenters. The van der Waals surface area contributed by atoms with Crippen LogP contribution in [0.2, 0.25) is 0 Å². The van der Waals surface area contributed by atoms with Crippen molar-refractivity contribution in [2.45, 2.75) is 0 Å². The van der Waals surface area contributed by atoms with Crippen molar-refractivity contribution in [1.29, 1.82) is 0 Å². The number of nitrogens with zero attached hydrogens (tertiary/aromatic N) is 1. The second-order valence-corrected chi connectivity index (χ2v) is 13.8. The number of morpholine rings is 1. The first-order valence-corrected chi connectivity index (χ1v) is 16.6. The zero-order valence-corrected chi connectivity index (χ0v) is 26.4. The second-order valence-electron chi connectivity index (χ2n) is 10.5. The first kappa shape index (κ1) is 31.9. The molecule has 0 aromatic heterocycles. The van der Waals surface area contributed by atoms with Gasteiger partial charge in [-0.15, -0.1) is 0 Å². The Hall–Kier alpha value is -4.54. The molecule has 0 spiro atoms. The molecule has 1 N–H and O–H groups in total. The number of benzene rings is 5. The van der Waals surface area contributed by atoms with Crippen molar-refractivity contribution in [1.82, 2.24) is 10.2 Å². The van der Waals surface area contributed by atoms with E-state index in [2.05, 4.69) is 41.7 Å². The lowest BCUT2D eigenvalue weighted by molar-refractivity contribution is -0.131. The summed E-state index contributed by atoms with van der Waals surface area (Å²) in [7, 11) is -2.81. The highest BCUT2D eigenvalue weighted by atomic mass is 35.5. The van der Waals surface area contributed by atoms with E-state index in [9.17, 15) is 9.59 Å². The summed E-state index contributed by atoms with van der Waals surface area (Å²) < 4.78 is 5.61. The van der Waals surface area contributed by atoms with Crippen molar-refractivity contribution in [3.63, 3.8) is 0 Å². The number of carbonyl (C=O) groups excluding carboxylic acids is 2. The maximum Gasteiger partial charge on any atom is 0.274 e. The molecule has 6 rings (SSSR count).